The van der Waals surface area contributed by atoms with Gasteiger partial charge < -0.3 is 4.90 Å². The molecule has 0 unspecified atom stereocenters. The number of hydrogen-bond acceptors (Lipinski definition) is 3. The molecule has 28 heavy (non-hydrogen) atoms. The molecule has 2 aliphatic rings. The first-order valence-corrected chi connectivity index (χ1v) is 11.8. The number of hydrogen-bond donors (Lipinski definition) is 0. The Kier molecular flexibility index (Phi) is 5.58. The second kappa shape index (κ2) is 7.97. The van der Waals surface area contributed by atoms with Crippen molar-refractivity contribution in [3.8, 4) is 0 Å². The highest BCUT2D eigenvalue weighted by molar-refractivity contribution is 9.10. The standard InChI is InChI=1S/C21H23BrN2O3S/c22-18-7-3-5-16(13-18)15-24(19-9-10-19)21(25)17-6-4-8-20(14-17)28(26,27)23-11-1-2-12-23/h3-8,13-14,19H,1-2,9-12,15H2. The predicted molar refractivity (Wildman–Crippen MR) is 111 cm³/mol. The zero-order valence-electron chi connectivity index (χ0n) is 15.6. The first-order valence-electron chi connectivity index (χ1n) is 9.61. The van der Waals surface area contributed by atoms with Gasteiger partial charge in [-0.25, -0.2) is 8.42 Å². The van der Waals surface area contributed by atoms with Gasteiger partial charge >= 0.3 is 0 Å². The fraction of sp³-hybridized carbons (Fsp3) is 0.381. The topological polar surface area (TPSA) is 57.7 Å². The molecular weight excluding hydrogens is 440 g/mol. The highest BCUT2D eigenvalue weighted by atomic mass is 79.9. The molecular formula is C21H23BrN2O3S. The van der Waals surface area contributed by atoms with Crippen molar-refractivity contribution in [1.82, 2.24) is 9.21 Å². The Hall–Kier alpha value is -1.70. The van der Waals surface area contributed by atoms with Gasteiger partial charge in [-0.15, -0.1) is 0 Å². The third-order valence-corrected chi connectivity index (χ3v) is 7.66. The molecule has 0 radical (unpaired) electrons. The van der Waals surface area contributed by atoms with E-state index < -0.39 is 10.0 Å². The van der Waals surface area contributed by atoms with E-state index >= 15 is 0 Å². The molecule has 148 valence electrons. The zero-order valence-corrected chi connectivity index (χ0v) is 18.0. The van der Waals surface area contributed by atoms with Crippen molar-refractivity contribution >= 4 is 31.9 Å². The fourth-order valence-corrected chi connectivity index (χ4v) is 5.63. The van der Waals surface area contributed by atoms with E-state index in [-0.39, 0.29) is 16.8 Å². The van der Waals surface area contributed by atoms with Gasteiger partial charge in [-0.3, -0.25) is 4.79 Å². The van der Waals surface area contributed by atoms with Gasteiger partial charge in [-0.1, -0.05) is 34.1 Å². The molecule has 1 aliphatic heterocycles. The molecule has 1 saturated carbocycles. The summed E-state index contributed by atoms with van der Waals surface area (Å²) in [6.45, 7) is 1.63. The van der Waals surface area contributed by atoms with Crippen LogP contribution in [0.5, 0.6) is 0 Å². The molecule has 0 aromatic heterocycles. The molecule has 0 bridgehead atoms. The van der Waals surface area contributed by atoms with Crippen LogP contribution in [-0.4, -0.2) is 42.7 Å². The summed E-state index contributed by atoms with van der Waals surface area (Å²) in [4.78, 5) is 15.3. The number of carbonyl (C=O) groups is 1. The molecule has 5 nitrogen and oxygen atoms in total. The molecule has 0 spiro atoms. The Bertz CT molecular complexity index is 983. The van der Waals surface area contributed by atoms with E-state index in [1.165, 1.54) is 10.4 Å². The number of sulfonamides is 1. The van der Waals surface area contributed by atoms with Crippen molar-refractivity contribution in [2.45, 2.75) is 43.2 Å². The van der Waals surface area contributed by atoms with E-state index in [0.29, 0.717) is 25.2 Å². The van der Waals surface area contributed by atoms with Crippen LogP contribution in [0.15, 0.2) is 57.9 Å². The maximum absolute atomic E-state index is 13.2. The summed E-state index contributed by atoms with van der Waals surface area (Å²) in [5.41, 5.74) is 1.48. The van der Waals surface area contributed by atoms with E-state index in [0.717, 1.165) is 35.7 Å². The molecule has 7 heteroatoms. The average Bonchev–Trinajstić information content (AvgIpc) is 3.37. The van der Waals surface area contributed by atoms with E-state index in [2.05, 4.69) is 15.9 Å². The SMILES string of the molecule is O=C(c1cccc(S(=O)(=O)N2CCCC2)c1)N(Cc1cccc(Br)c1)C1CC1. The van der Waals surface area contributed by atoms with Crippen LogP contribution in [-0.2, 0) is 16.6 Å². The van der Waals surface area contributed by atoms with Crippen LogP contribution < -0.4 is 0 Å². The third-order valence-electron chi connectivity index (χ3n) is 5.27. The van der Waals surface area contributed by atoms with Gasteiger partial charge in [0.2, 0.25) is 10.0 Å². The van der Waals surface area contributed by atoms with E-state index in [1.807, 2.05) is 29.2 Å². The van der Waals surface area contributed by atoms with Crippen molar-refractivity contribution in [3.05, 3.63) is 64.1 Å². The largest absolute Gasteiger partial charge is 0.331 e. The van der Waals surface area contributed by atoms with Gasteiger partial charge in [0.1, 0.15) is 0 Å². The number of carbonyl (C=O) groups excluding carboxylic acids is 1. The van der Waals surface area contributed by atoms with Crippen LogP contribution in [0.2, 0.25) is 0 Å². The maximum atomic E-state index is 13.2. The molecule has 2 aromatic rings. The Morgan fingerprint density at radius 2 is 1.79 bits per heavy atom. The molecule has 1 aliphatic carbocycles. The highest BCUT2D eigenvalue weighted by Gasteiger charge is 2.34. The molecule has 0 N–H and O–H groups in total. The predicted octanol–water partition coefficient (Wildman–Crippen LogP) is 4.04. The zero-order chi connectivity index (χ0) is 19.7. The van der Waals surface area contributed by atoms with Gasteiger partial charge in [-0.05, 0) is 61.6 Å². The summed E-state index contributed by atoms with van der Waals surface area (Å²) in [6.07, 6.45) is 3.76. The lowest BCUT2D eigenvalue weighted by atomic mass is 10.1. The Balaban J connectivity index is 1.59. The highest BCUT2D eigenvalue weighted by Crippen LogP contribution is 2.31. The van der Waals surface area contributed by atoms with Crippen molar-refractivity contribution in [2.24, 2.45) is 0 Å². The minimum Gasteiger partial charge on any atom is -0.331 e. The van der Waals surface area contributed by atoms with Gasteiger partial charge in [-0.2, -0.15) is 4.31 Å². The third kappa shape index (κ3) is 4.16. The Morgan fingerprint density at radius 3 is 2.46 bits per heavy atom. The Morgan fingerprint density at radius 1 is 1.07 bits per heavy atom. The summed E-state index contributed by atoms with van der Waals surface area (Å²) in [7, 11) is -3.53. The van der Waals surface area contributed by atoms with Crippen LogP contribution in [0.4, 0.5) is 0 Å². The molecule has 0 atom stereocenters. The lowest BCUT2D eigenvalue weighted by Crippen LogP contribution is -2.33. The van der Waals surface area contributed by atoms with Crippen molar-refractivity contribution in [2.75, 3.05) is 13.1 Å². The quantitative estimate of drug-likeness (QED) is 0.650. The van der Waals surface area contributed by atoms with Crippen molar-refractivity contribution in [3.63, 3.8) is 0 Å². The van der Waals surface area contributed by atoms with E-state index in [9.17, 15) is 13.2 Å². The number of rotatable bonds is 6. The number of nitrogens with zero attached hydrogens (tertiary/aromatic N) is 2. The minimum absolute atomic E-state index is 0.110. The molecule has 1 amide bonds. The molecule has 2 aromatic carbocycles. The van der Waals surface area contributed by atoms with Gasteiger partial charge in [0.15, 0.2) is 0 Å². The van der Waals surface area contributed by atoms with Crippen molar-refractivity contribution in [1.29, 1.82) is 0 Å². The van der Waals surface area contributed by atoms with Crippen LogP contribution in [0.3, 0.4) is 0 Å². The normalized spacial score (nSPS) is 17.6. The minimum atomic E-state index is -3.53. The Labute approximate surface area is 174 Å². The molecule has 4 rings (SSSR count). The second-order valence-electron chi connectivity index (χ2n) is 7.43. The van der Waals surface area contributed by atoms with Crippen LogP contribution in [0, 0.1) is 0 Å². The summed E-state index contributed by atoms with van der Waals surface area (Å²) in [5.74, 6) is -0.110. The monoisotopic (exact) mass is 462 g/mol. The van der Waals surface area contributed by atoms with Crippen LogP contribution in [0.25, 0.3) is 0 Å². The van der Waals surface area contributed by atoms with Gasteiger partial charge in [0.05, 0.1) is 4.90 Å². The smallest absolute Gasteiger partial charge is 0.254 e. The summed E-state index contributed by atoms with van der Waals surface area (Å²) < 4.78 is 28.2. The lowest BCUT2D eigenvalue weighted by molar-refractivity contribution is 0.0729. The van der Waals surface area contributed by atoms with Crippen LogP contribution in [0.1, 0.15) is 41.6 Å². The average molecular weight is 463 g/mol. The van der Waals surface area contributed by atoms with E-state index in [1.54, 1.807) is 18.2 Å². The lowest BCUT2D eigenvalue weighted by Gasteiger charge is -2.23. The van der Waals surface area contributed by atoms with Crippen molar-refractivity contribution < 1.29 is 13.2 Å². The number of halogens is 1. The summed E-state index contributed by atoms with van der Waals surface area (Å²) in [5, 5.41) is 0. The first-order chi connectivity index (χ1) is 13.4. The number of benzene rings is 2. The summed E-state index contributed by atoms with van der Waals surface area (Å²) >= 11 is 3.48. The summed E-state index contributed by atoms with van der Waals surface area (Å²) in [6, 6.07) is 14.6. The second-order valence-corrected chi connectivity index (χ2v) is 10.3. The molecule has 1 saturated heterocycles. The van der Waals surface area contributed by atoms with Crippen LogP contribution >= 0.6 is 15.9 Å². The maximum Gasteiger partial charge on any atom is 0.254 e. The molecule has 1 heterocycles. The van der Waals surface area contributed by atoms with Gasteiger partial charge in [0.25, 0.3) is 5.91 Å². The first kappa shape index (κ1) is 19.6. The fourth-order valence-electron chi connectivity index (χ4n) is 3.62. The van der Waals surface area contributed by atoms with Gasteiger partial charge in [0, 0.05) is 35.7 Å². The number of amides is 1. The van der Waals surface area contributed by atoms with E-state index in [4.69, 9.17) is 0 Å². The molecule has 2 fully saturated rings.